The van der Waals surface area contributed by atoms with Gasteiger partial charge in [0.25, 0.3) is 0 Å². The number of hydrogen-bond acceptors (Lipinski definition) is 3. The maximum absolute atomic E-state index is 9.55. The van der Waals surface area contributed by atoms with Crippen LogP contribution in [-0.2, 0) is 0 Å². The van der Waals surface area contributed by atoms with E-state index in [1.54, 1.807) is 6.07 Å². The summed E-state index contributed by atoms with van der Waals surface area (Å²) in [5.74, 6) is 0.940. The zero-order valence-corrected chi connectivity index (χ0v) is 13.0. The summed E-state index contributed by atoms with van der Waals surface area (Å²) in [6.45, 7) is 1.68. The summed E-state index contributed by atoms with van der Waals surface area (Å²) >= 11 is 12.1. The predicted octanol–water partition coefficient (Wildman–Crippen LogP) is 4.02. The van der Waals surface area contributed by atoms with E-state index in [0.717, 1.165) is 42.9 Å². The minimum atomic E-state index is -0.173. The van der Waals surface area contributed by atoms with E-state index in [1.165, 1.54) is 0 Å². The second-order valence-corrected chi connectivity index (χ2v) is 6.09. The Morgan fingerprint density at radius 3 is 2.48 bits per heavy atom. The van der Waals surface area contributed by atoms with Gasteiger partial charge in [-0.3, -0.25) is 0 Å². The Morgan fingerprint density at radius 2 is 1.86 bits per heavy atom. The van der Waals surface area contributed by atoms with E-state index in [4.69, 9.17) is 23.2 Å². The van der Waals surface area contributed by atoms with E-state index in [9.17, 15) is 5.11 Å². The van der Waals surface area contributed by atoms with Crippen molar-refractivity contribution in [3.63, 3.8) is 0 Å². The molecule has 2 heterocycles. The molecule has 0 amide bonds. The highest BCUT2D eigenvalue weighted by Crippen LogP contribution is 2.30. The molecule has 5 heteroatoms. The molecule has 3 rings (SSSR count). The quantitative estimate of drug-likeness (QED) is 0.907. The van der Waals surface area contributed by atoms with Crippen LogP contribution in [0.15, 0.2) is 36.5 Å². The van der Waals surface area contributed by atoms with Crippen molar-refractivity contribution < 1.29 is 5.11 Å². The summed E-state index contributed by atoms with van der Waals surface area (Å²) in [6, 6.07) is 9.47. The molecule has 1 aromatic heterocycles. The van der Waals surface area contributed by atoms with Gasteiger partial charge in [-0.25, -0.2) is 4.98 Å². The Labute approximate surface area is 134 Å². The molecular weight excluding hydrogens is 307 g/mol. The monoisotopic (exact) mass is 322 g/mol. The molecule has 0 bridgehead atoms. The van der Waals surface area contributed by atoms with Crippen LogP contribution < -0.4 is 4.90 Å². The van der Waals surface area contributed by atoms with Gasteiger partial charge < -0.3 is 10.0 Å². The Bertz CT molecular complexity index is 623. The molecule has 0 atom stereocenters. The third kappa shape index (κ3) is 3.31. The Hall–Kier alpha value is -1.29. The normalized spacial score (nSPS) is 16.2. The predicted molar refractivity (Wildman–Crippen MR) is 87.1 cm³/mol. The number of aliphatic hydroxyl groups is 1. The van der Waals surface area contributed by atoms with Gasteiger partial charge in [0.05, 0.1) is 6.10 Å². The molecule has 21 heavy (non-hydrogen) atoms. The lowest BCUT2D eigenvalue weighted by Gasteiger charge is -2.30. The third-order valence-electron chi connectivity index (χ3n) is 3.78. The minimum Gasteiger partial charge on any atom is -0.393 e. The number of aromatic nitrogens is 1. The summed E-state index contributed by atoms with van der Waals surface area (Å²) in [5, 5.41) is 10.8. The lowest BCUT2D eigenvalue weighted by Crippen LogP contribution is -2.36. The first-order valence-corrected chi connectivity index (χ1v) is 7.73. The molecule has 0 saturated carbocycles. The molecule has 0 radical (unpaired) electrons. The molecule has 0 spiro atoms. The van der Waals surface area contributed by atoms with Crippen LogP contribution in [0, 0.1) is 0 Å². The van der Waals surface area contributed by atoms with E-state index >= 15 is 0 Å². The van der Waals surface area contributed by atoms with Crippen molar-refractivity contribution in [1.29, 1.82) is 0 Å². The number of hydrogen-bond donors (Lipinski definition) is 1. The second kappa shape index (κ2) is 6.22. The number of pyridine rings is 1. The maximum atomic E-state index is 9.55. The molecule has 1 N–H and O–H groups in total. The molecule has 3 nitrogen and oxygen atoms in total. The highest BCUT2D eigenvalue weighted by Gasteiger charge is 2.18. The summed E-state index contributed by atoms with van der Waals surface area (Å²) < 4.78 is 0. The van der Waals surface area contributed by atoms with Crippen molar-refractivity contribution in [3.05, 3.63) is 46.6 Å². The van der Waals surface area contributed by atoms with Crippen LogP contribution in [0.25, 0.3) is 11.1 Å². The summed E-state index contributed by atoms with van der Waals surface area (Å²) in [7, 11) is 0. The molecule has 2 aromatic rings. The van der Waals surface area contributed by atoms with Crippen LogP contribution in [0.4, 0.5) is 5.82 Å². The number of piperidine rings is 1. The first-order chi connectivity index (χ1) is 10.1. The lowest BCUT2D eigenvalue weighted by atomic mass is 10.1. The second-order valence-electron chi connectivity index (χ2n) is 5.25. The molecule has 1 aromatic carbocycles. The van der Waals surface area contributed by atoms with Crippen LogP contribution in [0.1, 0.15) is 12.8 Å². The maximum Gasteiger partial charge on any atom is 0.128 e. The molecule has 0 unspecified atom stereocenters. The van der Waals surface area contributed by atoms with Crippen molar-refractivity contribution >= 4 is 29.0 Å². The molecular formula is C16H16Cl2N2O. The van der Waals surface area contributed by atoms with E-state index in [2.05, 4.69) is 9.88 Å². The molecule has 1 aliphatic heterocycles. The average Bonchev–Trinajstić information content (AvgIpc) is 2.48. The fourth-order valence-corrected chi connectivity index (χ4v) is 3.07. The van der Waals surface area contributed by atoms with Gasteiger partial charge in [0.15, 0.2) is 0 Å². The minimum absolute atomic E-state index is 0.173. The van der Waals surface area contributed by atoms with Gasteiger partial charge in [0.2, 0.25) is 0 Å². The lowest BCUT2D eigenvalue weighted by molar-refractivity contribution is 0.145. The Morgan fingerprint density at radius 1 is 1.10 bits per heavy atom. The summed E-state index contributed by atoms with van der Waals surface area (Å²) in [6.07, 6.45) is 3.25. The molecule has 1 aliphatic rings. The number of benzene rings is 1. The van der Waals surface area contributed by atoms with E-state index in [0.29, 0.717) is 10.0 Å². The first-order valence-electron chi connectivity index (χ1n) is 6.98. The van der Waals surface area contributed by atoms with E-state index in [1.807, 2.05) is 30.5 Å². The number of aliphatic hydroxyl groups excluding tert-OH is 1. The molecule has 110 valence electrons. The Balaban J connectivity index is 1.80. The number of anilines is 1. The van der Waals surface area contributed by atoms with Gasteiger partial charge >= 0.3 is 0 Å². The SMILES string of the molecule is OC1CCN(c2ccc(-c3ccc(Cl)cc3Cl)cn2)CC1. The van der Waals surface area contributed by atoms with Crippen LogP contribution in [-0.4, -0.2) is 29.3 Å². The van der Waals surface area contributed by atoms with Crippen LogP contribution in [0.5, 0.6) is 0 Å². The molecule has 0 aliphatic carbocycles. The fraction of sp³-hybridized carbons (Fsp3) is 0.312. The van der Waals surface area contributed by atoms with Crippen molar-refractivity contribution in [2.75, 3.05) is 18.0 Å². The van der Waals surface area contributed by atoms with Gasteiger partial charge in [-0.05, 0) is 37.1 Å². The summed E-state index contributed by atoms with van der Waals surface area (Å²) in [4.78, 5) is 6.71. The first kappa shape index (κ1) is 14.6. The fourth-order valence-electron chi connectivity index (χ4n) is 2.55. The number of rotatable bonds is 2. The average molecular weight is 323 g/mol. The van der Waals surface area contributed by atoms with Gasteiger partial charge in [-0.2, -0.15) is 0 Å². The van der Waals surface area contributed by atoms with E-state index in [-0.39, 0.29) is 6.10 Å². The van der Waals surface area contributed by atoms with Crippen LogP contribution in [0.2, 0.25) is 10.0 Å². The zero-order valence-electron chi connectivity index (χ0n) is 11.5. The van der Waals surface area contributed by atoms with Gasteiger partial charge in [-0.1, -0.05) is 29.3 Å². The van der Waals surface area contributed by atoms with Gasteiger partial charge in [0.1, 0.15) is 5.82 Å². The zero-order chi connectivity index (χ0) is 14.8. The summed E-state index contributed by atoms with van der Waals surface area (Å²) in [5.41, 5.74) is 1.90. The Kier molecular flexibility index (Phi) is 4.34. The highest BCUT2D eigenvalue weighted by atomic mass is 35.5. The third-order valence-corrected chi connectivity index (χ3v) is 4.33. The topological polar surface area (TPSA) is 36.4 Å². The molecule has 1 saturated heterocycles. The van der Waals surface area contributed by atoms with Crippen LogP contribution in [0.3, 0.4) is 0 Å². The highest BCUT2D eigenvalue weighted by molar-refractivity contribution is 6.36. The largest absolute Gasteiger partial charge is 0.393 e. The van der Waals surface area contributed by atoms with Gasteiger partial charge in [0, 0.05) is 40.5 Å². The number of nitrogens with zero attached hydrogens (tertiary/aromatic N) is 2. The van der Waals surface area contributed by atoms with E-state index < -0.39 is 0 Å². The number of halogens is 2. The van der Waals surface area contributed by atoms with Crippen molar-refractivity contribution in [1.82, 2.24) is 4.98 Å². The standard InChI is InChI=1S/C16H16Cl2N2O/c17-12-2-3-14(15(18)9-12)11-1-4-16(19-10-11)20-7-5-13(21)6-8-20/h1-4,9-10,13,21H,5-8H2. The van der Waals surface area contributed by atoms with Crippen molar-refractivity contribution in [3.8, 4) is 11.1 Å². The smallest absolute Gasteiger partial charge is 0.128 e. The van der Waals surface area contributed by atoms with Gasteiger partial charge in [-0.15, -0.1) is 0 Å². The van der Waals surface area contributed by atoms with Crippen molar-refractivity contribution in [2.24, 2.45) is 0 Å². The van der Waals surface area contributed by atoms with Crippen molar-refractivity contribution in [2.45, 2.75) is 18.9 Å². The molecule has 1 fully saturated rings. The van der Waals surface area contributed by atoms with Crippen LogP contribution >= 0.6 is 23.2 Å².